The van der Waals surface area contributed by atoms with Crippen molar-refractivity contribution in [3.8, 4) is 0 Å². The molecule has 1 aliphatic rings. The first-order valence-corrected chi connectivity index (χ1v) is 3.97. The van der Waals surface area contributed by atoms with Crippen LogP contribution in [0.2, 0.25) is 0 Å². The van der Waals surface area contributed by atoms with Gasteiger partial charge in [0.05, 0.1) is 12.1 Å². The number of carboxylic acid groups (broad SMARTS) is 1. The van der Waals surface area contributed by atoms with Gasteiger partial charge in [-0.3, -0.25) is 0 Å². The minimum Gasteiger partial charge on any atom is -0.465 e. The highest BCUT2D eigenvalue weighted by atomic mass is 16.5. The summed E-state index contributed by atoms with van der Waals surface area (Å²) in [7, 11) is 1.60. The highest BCUT2D eigenvalue weighted by molar-refractivity contribution is 5.65. The SMILES string of the molecule is COC1CCNCC1NC(=O)O. The van der Waals surface area contributed by atoms with E-state index in [0.717, 1.165) is 13.0 Å². The van der Waals surface area contributed by atoms with Gasteiger partial charge in [-0.15, -0.1) is 0 Å². The molecule has 0 aromatic rings. The molecule has 1 fully saturated rings. The summed E-state index contributed by atoms with van der Waals surface area (Å²) in [5, 5.41) is 14.0. The molecule has 5 nitrogen and oxygen atoms in total. The molecule has 0 bridgehead atoms. The number of rotatable bonds is 2. The molecule has 0 aliphatic carbocycles. The molecule has 12 heavy (non-hydrogen) atoms. The molecule has 2 unspecified atom stereocenters. The van der Waals surface area contributed by atoms with Crippen molar-refractivity contribution in [2.45, 2.75) is 18.6 Å². The van der Waals surface area contributed by atoms with Gasteiger partial charge in [0.15, 0.2) is 0 Å². The quantitative estimate of drug-likeness (QED) is 0.534. The van der Waals surface area contributed by atoms with E-state index in [1.807, 2.05) is 0 Å². The fourth-order valence-electron chi connectivity index (χ4n) is 1.42. The van der Waals surface area contributed by atoms with Crippen LogP contribution in [0.4, 0.5) is 4.79 Å². The maximum atomic E-state index is 10.3. The number of amides is 1. The summed E-state index contributed by atoms with van der Waals surface area (Å²) in [6, 6.07) is -0.124. The van der Waals surface area contributed by atoms with Crippen molar-refractivity contribution in [3.05, 3.63) is 0 Å². The molecule has 1 rings (SSSR count). The number of methoxy groups -OCH3 is 1. The van der Waals surface area contributed by atoms with Crippen molar-refractivity contribution in [1.29, 1.82) is 0 Å². The second-order valence-electron chi connectivity index (χ2n) is 2.82. The standard InChI is InChI=1S/C7H14N2O3/c1-12-6-2-3-8-4-5(6)9-7(10)11/h5-6,8-9H,2-4H2,1H3,(H,10,11). The molecule has 0 spiro atoms. The molecular weight excluding hydrogens is 160 g/mol. The highest BCUT2D eigenvalue weighted by Crippen LogP contribution is 2.06. The van der Waals surface area contributed by atoms with E-state index in [1.165, 1.54) is 0 Å². The van der Waals surface area contributed by atoms with E-state index in [2.05, 4.69) is 10.6 Å². The summed E-state index contributed by atoms with van der Waals surface area (Å²) in [6.07, 6.45) is -0.144. The van der Waals surface area contributed by atoms with Crippen LogP contribution >= 0.6 is 0 Å². The molecule has 1 aliphatic heterocycles. The van der Waals surface area contributed by atoms with Crippen LogP contribution in [0.15, 0.2) is 0 Å². The van der Waals surface area contributed by atoms with Gasteiger partial charge >= 0.3 is 6.09 Å². The van der Waals surface area contributed by atoms with Gasteiger partial charge in [0.2, 0.25) is 0 Å². The maximum Gasteiger partial charge on any atom is 0.405 e. The maximum absolute atomic E-state index is 10.3. The Labute approximate surface area is 71.1 Å². The summed E-state index contributed by atoms with van der Waals surface area (Å²) >= 11 is 0. The smallest absolute Gasteiger partial charge is 0.405 e. The molecule has 3 N–H and O–H groups in total. The predicted molar refractivity (Wildman–Crippen MR) is 43.2 cm³/mol. The number of hydrogen-bond acceptors (Lipinski definition) is 3. The van der Waals surface area contributed by atoms with Crippen LogP contribution in [0.3, 0.4) is 0 Å². The van der Waals surface area contributed by atoms with Gasteiger partial charge < -0.3 is 20.5 Å². The van der Waals surface area contributed by atoms with Gasteiger partial charge in [0, 0.05) is 13.7 Å². The molecule has 0 aromatic carbocycles. The van der Waals surface area contributed by atoms with Crippen molar-refractivity contribution < 1.29 is 14.6 Å². The average Bonchev–Trinajstić information content (AvgIpc) is 2.04. The van der Waals surface area contributed by atoms with Gasteiger partial charge in [-0.2, -0.15) is 0 Å². The van der Waals surface area contributed by atoms with Crippen molar-refractivity contribution in [3.63, 3.8) is 0 Å². The fraction of sp³-hybridized carbons (Fsp3) is 0.857. The Morgan fingerprint density at radius 1 is 1.75 bits per heavy atom. The molecular formula is C7H14N2O3. The topological polar surface area (TPSA) is 70.6 Å². The van der Waals surface area contributed by atoms with Gasteiger partial charge in [-0.05, 0) is 13.0 Å². The predicted octanol–water partition coefficient (Wildman–Crippen LogP) is -0.369. The van der Waals surface area contributed by atoms with E-state index < -0.39 is 6.09 Å². The van der Waals surface area contributed by atoms with Crippen molar-refractivity contribution in [2.24, 2.45) is 0 Å². The first-order chi connectivity index (χ1) is 5.74. The second kappa shape index (κ2) is 4.27. The first-order valence-electron chi connectivity index (χ1n) is 3.97. The summed E-state index contributed by atoms with van der Waals surface area (Å²) in [5.74, 6) is 0. The lowest BCUT2D eigenvalue weighted by Crippen LogP contribution is -2.54. The zero-order chi connectivity index (χ0) is 8.97. The second-order valence-corrected chi connectivity index (χ2v) is 2.82. The van der Waals surface area contributed by atoms with Crippen LogP contribution < -0.4 is 10.6 Å². The molecule has 1 heterocycles. The molecule has 0 radical (unpaired) electrons. The number of nitrogens with one attached hydrogen (secondary N) is 2. The molecule has 5 heteroatoms. The van der Waals surface area contributed by atoms with E-state index in [0.29, 0.717) is 6.54 Å². The van der Waals surface area contributed by atoms with E-state index in [-0.39, 0.29) is 12.1 Å². The van der Waals surface area contributed by atoms with Crippen molar-refractivity contribution >= 4 is 6.09 Å². The molecule has 0 aromatic heterocycles. The summed E-state index contributed by atoms with van der Waals surface area (Å²) < 4.78 is 5.14. The highest BCUT2D eigenvalue weighted by Gasteiger charge is 2.25. The Morgan fingerprint density at radius 2 is 2.50 bits per heavy atom. The number of carbonyl (C=O) groups is 1. The molecule has 0 saturated carbocycles. The van der Waals surface area contributed by atoms with Crippen LogP contribution in [0.5, 0.6) is 0 Å². The van der Waals surface area contributed by atoms with Gasteiger partial charge in [-0.1, -0.05) is 0 Å². The Hall–Kier alpha value is -0.810. The third kappa shape index (κ3) is 2.35. The normalized spacial score (nSPS) is 29.8. The third-order valence-corrected chi connectivity index (χ3v) is 2.03. The van der Waals surface area contributed by atoms with Gasteiger partial charge in [-0.25, -0.2) is 4.79 Å². The minimum absolute atomic E-state index is 0.00218. The Kier molecular flexibility index (Phi) is 3.31. The Bertz CT molecular complexity index is 163. The zero-order valence-electron chi connectivity index (χ0n) is 7.04. The summed E-state index contributed by atoms with van der Waals surface area (Å²) in [6.45, 7) is 1.53. The lowest BCUT2D eigenvalue weighted by Gasteiger charge is -2.30. The van der Waals surface area contributed by atoms with Crippen molar-refractivity contribution in [2.75, 3.05) is 20.2 Å². The largest absolute Gasteiger partial charge is 0.465 e. The molecule has 2 atom stereocenters. The summed E-state index contributed by atoms with van der Waals surface area (Å²) in [5.41, 5.74) is 0. The van der Waals surface area contributed by atoms with Crippen LogP contribution in [0.25, 0.3) is 0 Å². The van der Waals surface area contributed by atoms with Crippen LogP contribution in [-0.2, 0) is 4.74 Å². The molecule has 1 saturated heterocycles. The third-order valence-electron chi connectivity index (χ3n) is 2.03. The van der Waals surface area contributed by atoms with Gasteiger partial charge in [0.1, 0.15) is 0 Å². The van der Waals surface area contributed by atoms with E-state index in [9.17, 15) is 4.79 Å². The van der Waals surface area contributed by atoms with Crippen molar-refractivity contribution in [1.82, 2.24) is 10.6 Å². The number of piperidine rings is 1. The van der Waals surface area contributed by atoms with Gasteiger partial charge in [0.25, 0.3) is 0 Å². The van der Waals surface area contributed by atoms with E-state index in [1.54, 1.807) is 7.11 Å². The van der Waals surface area contributed by atoms with Crippen LogP contribution in [0.1, 0.15) is 6.42 Å². The fourth-order valence-corrected chi connectivity index (χ4v) is 1.42. The molecule has 70 valence electrons. The number of hydrogen-bond donors (Lipinski definition) is 3. The number of ether oxygens (including phenoxy) is 1. The minimum atomic E-state index is -0.995. The first kappa shape index (κ1) is 9.28. The Balaban J connectivity index is 2.41. The van der Waals surface area contributed by atoms with E-state index in [4.69, 9.17) is 9.84 Å². The Morgan fingerprint density at radius 3 is 3.08 bits per heavy atom. The van der Waals surface area contributed by atoms with E-state index >= 15 is 0 Å². The summed E-state index contributed by atoms with van der Waals surface area (Å²) in [4.78, 5) is 10.3. The average molecular weight is 174 g/mol. The lowest BCUT2D eigenvalue weighted by atomic mass is 10.0. The molecule has 1 amide bonds. The lowest BCUT2D eigenvalue weighted by molar-refractivity contribution is 0.0483. The zero-order valence-corrected chi connectivity index (χ0v) is 7.04. The van der Waals surface area contributed by atoms with Crippen LogP contribution in [-0.4, -0.2) is 43.5 Å². The van der Waals surface area contributed by atoms with Crippen LogP contribution in [0, 0.1) is 0 Å². The monoisotopic (exact) mass is 174 g/mol.